The van der Waals surface area contributed by atoms with Gasteiger partial charge < -0.3 is 0 Å². The Kier molecular flexibility index (Phi) is 19.0. The zero-order valence-corrected chi connectivity index (χ0v) is 27.3. The van der Waals surface area contributed by atoms with Crippen molar-refractivity contribution >= 4 is 22.8 Å². The molecule has 0 amide bonds. The summed E-state index contributed by atoms with van der Waals surface area (Å²) in [5.41, 5.74) is 9.92. The number of aliphatic imine (C=N–C) groups is 2. The zero-order valence-electron chi connectivity index (χ0n) is 25.7. The van der Waals surface area contributed by atoms with Crippen LogP contribution in [0.3, 0.4) is 0 Å². The van der Waals surface area contributed by atoms with Crippen LogP contribution in [-0.4, -0.2) is 11.4 Å². The molecular formula is C36H54N2Pd. The molecule has 0 radical (unpaired) electrons. The maximum absolute atomic E-state index is 5.33. The van der Waals surface area contributed by atoms with Crippen LogP contribution in [0.25, 0.3) is 0 Å². The molecule has 3 heteroatoms. The Morgan fingerprint density at radius 1 is 0.564 bits per heavy atom. The number of allylic oxidation sites excluding steroid dienone is 2. The first-order valence-electron chi connectivity index (χ1n) is 15.6. The van der Waals surface area contributed by atoms with Crippen molar-refractivity contribution in [2.75, 3.05) is 0 Å². The van der Waals surface area contributed by atoms with Crippen LogP contribution in [0.1, 0.15) is 128 Å². The fourth-order valence-corrected chi connectivity index (χ4v) is 4.94. The quantitative estimate of drug-likeness (QED) is 0.0899. The summed E-state index contributed by atoms with van der Waals surface area (Å²) in [6.07, 6.45) is 20.3. The predicted octanol–water partition coefficient (Wildman–Crippen LogP) is 11.3. The summed E-state index contributed by atoms with van der Waals surface area (Å²) in [5.74, 6) is 0. The standard InChI is InChI=1S/C36H54N2.Pd/c1-7-13-15-16-22-36(38-34-27-31(19-11-5)24-32(28-34)20-12-6)35(21-14-8-2)37-33-25-29(17-9-3)23-30(26-33)18-10-4;/h16,22-28H,7-15,17-21H2,1-6H3;/b22-16+,37-35+,38-36+;. The van der Waals surface area contributed by atoms with Crippen LogP contribution < -0.4 is 0 Å². The van der Waals surface area contributed by atoms with Gasteiger partial charge >= 0.3 is 0 Å². The molecule has 0 saturated heterocycles. The fourth-order valence-electron chi connectivity index (χ4n) is 4.94. The molecule has 0 saturated carbocycles. The second-order valence-electron chi connectivity index (χ2n) is 10.7. The van der Waals surface area contributed by atoms with Gasteiger partial charge in [0.2, 0.25) is 0 Å². The average Bonchev–Trinajstić information content (AvgIpc) is 2.89. The van der Waals surface area contributed by atoms with Crippen LogP contribution in [0.5, 0.6) is 0 Å². The van der Waals surface area contributed by atoms with Gasteiger partial charge in [-0.25, -0.2) is 4.99 Å². The minimum atomic E-state index is 0. The molecule has 0 aliphatic heterocycles. The molecule has 2 aromatic carbocycles. The van der Waals surface area contributed by atoms with Crippen molar-refractivity contribution in [2.24, 2.45) is 9.98 Å². The molecule has 0 aliphatic carbocycles. The van der Waals surface area contributed by atoms with E-state index in [0.717, 1.165) is 99.8 Å². The van der Waals surface area contributed by atoms with E-state index in [1.807, 2.05) is 0 Å². The van der Waals surface area contributed by atoms with Crippen molar-refractivity contribution in [2.45, 2.75) is 131 Å². The van der Waals surface area contributed by atoms with Gasteiger partial charge in [-0.3, -0.25) is 4.99 Å². The van der Waals surface area contributed by atoms with Crippen LogP contribution in [0.15, 0.2) is 58.5 Å². The topological polar surface area (TPSA) is 24.7 Å². The molecule has 0 heterocycles. The summed E-state index contributed by atoms with van der Waals surface area (Å²) in [4.78, 5) is 10.6. The van der Waals surface area contributed by atoms with Gasteiger partial charge in [-0.15, -0.1) is 0 Å². The van der Waals surface area contributed by atoms with E-state index in [-0.39, 0.29) is 20.4 Å². The molecule has 0 aromatic heterocycles. The first-order valence-corrected chi connectivity index (χ1v) is 15.6. The first-order chi connectivity index (χ1) is 18.6. The summed E-state index contributed by atoms with van der Waals surface area (Å²) in [6, 6.07) is 13.9. The Labute approximate surface area is 254 Å². The van der Waals surface area contributed by atoms with Gasteiger partial charge in [-0.2, -0.15) is 0 Å². The second-order valence-corrected chi connectivity index (χ2v) is 10.7. The minimum Gasteiger partial charge on any atom is -0.251 e. The largest absolute Gasteiger partial charge is 0.251 e. The number of benzene rings is 2. The van der Waals surface area contributed by atoms with Crippen LogP contribution in [-0.2, 0) is 46.1 Å². The van der Waals surface area contributed by atoms with E-state index in [1.54, 1.807) is 0 Å². The molecule has 2 rings (SSSR count). The number of hydrogen-bond donors (Lipinski definition) is 0. The van der Waals surface area contributed by atoms with E-state index >= 15 is 0 Å². The molecule has 2 nitrogen and oxygen atoms in total. The molecule has 0 atom stereocenters. The van der Waals surface area contributed by atoms with Crippen LogP contribution in [0, 0.1) is 0 Å². The van der Waals surface area contributed by atoms with E-state index in [4.69, 9.17) is 9.98 Å². The van der Waals surface area contributed by atoms with Crippen molar-refractivity contribution in [3.63, 3.8) is 0 Å². The van der Waals surface area contributed by atoms with Gasteiger partial charge in [-0.05, 0) is 97.5 Å². The van der Waals surface area contributed by atoms with Gasteiger partial charge in [0, 0.05) is 20.4 Å². The maximum Gasteiger partial charge on any atom is 0.0848 e. The fraction of sp³-hybridized carbons (Fsp3) is 0.556. The number of unbranched alkanes of at least 4 members (excludes halogenated alkanes) is 3. The molecule has 0 aliphatic rings. The Bertz CT molecular complexity index is 1000. The smallest absolute Gasteiger partial charge is 0.0848 e. The van der Waals surface area contributed by atoms with E-state index in [0.29, 0.717) is 0 Å². The van der Waals surface area contributed by atoms with Crippen LogP contribution in [0.4, 0.5) is 11.4 Å². The molecule has 39 heavy (non-hydrogen) atoms. The van der Waals surface area contributed by atoms with Gasteiger partial charge in [0.25, 0.3) is 0 Å². The molecule has 0 fully saturated rings. The average molecular weight is 621 g/mol. The third-order valence-electron chi connectivity index (χ3n) is 6.81. The Morgan fingerprint density at radius 3 is 1.41 bits per heavy atom. The van der Waals surface area contributed by atoms with Crippen molar-refractivity contribution < 1.29 is 20.4 Å². The zero-order chi connectivity index (χ0) is 27.6. The van der Waals surface area contributed by atoms with Gasteiger partial charge in [0.05, 0.1) is 22.8 Å². The Hall–Kier alpha value is -1.82. The van der Waals surface area contributed by atoms with E-state index in [1.165, 1.54) is 35.1 Å². The molecular weight excluding hydrogens is 567 g/mol. The van der Waals surface area contributed by atoms with Gasteiger partial charge in [0.15, 0.2) is 0 Å². The summed E-state index contributed by atoms with van der Waals surface area (Å²) in [6.45, 7) is 13.5. The Morgan fingerprint density at radius 2 is 1.00 bits per heavy atom. The van der Waals surface area contributed by atoms with Crippen LogP contribution >= 0.6 is 0 Å². The van der Waals surface area contributed by atoms with Crippen molar-refractivity contribution in [3.8, 4) is 0 Å². The maximum atomic E-state index is 5.33. The second kappa shape index (κ2) is 21.0. The third-order valence-corrected chi connectivity index (χ3v) is 6.81. The summed E-state index contributed by atoms with van der Waals surface area (Å²) < 4.78 is 0. The first kappa shape index (κ1) is 35.2. The minimum absolute atomic E-state index is 0. The monoisotopic (exact) mass is 620 g/mol. The van der Waals surface area contributed by atoms with E-state index in [2.05, 4.69) is 90.1 Å². The summed E-state index contributed by atoms with van der Waals surface area (Å²) in [5, 5.41) is 0. The molecule has 218 valence electrons. The number of nitrogens with zero attached hydrogens (tertiary/aromatic N) is 2. The number of rotatable bonds is 18. The van der Waals surface area contributed by atoms with Gasteiger partial charge in [0.1, 0.15) is 0 Å². The van der Waals surface area contributed by atoms with E-state index < -0.39 is 0 Å². The summed E-state index contributed by atoms with van der Waals surface area (Å²) >= 11 is 0. The molecule has 0 spiro atoms. The van der Waals surface area contributed by atoms with Crippen molar-refractivity contribution in [1.82, 2.24) is 0 Å². The predicted molar refractivity (Wildman–Crippen MR) is 171 cm³/mol. The number of hydrogen-bond acceptors (Lipinski definition) is 2. The Balaban J connectivity index is 0.00000760. The SMILES string of the molecule is CCCC/C=C/C(=N\c1cc(CCC)cc(CCC)c1)C(/CCCC)=N/c1cc(CCC)cc(CCC)c1.[Pd]. The van der Waals surface area contributed by atoms with Crippen LogP contribution in [0.2, 0.25) is 0 Å². The van der Waals surface area contributed by atoms with Gasteiger partial charge in [-0.1, -0.05) is 105 Å². The molecule has 2 aromatic rings. The normalized spacial score (nSPS) is 12.3. The molecule has 0 unspecified atom stereocenters. The number of aryl methyl sites for hydroxylation is 4. The third kappa shape index (κ3) is 13.4. The molecule has 0 N–H and O–H groups in total. The molecule has 0 bridgehead atoms. The van der Waals surface area contributed by atoms with Crippen molar-refractivity contribution in [3.05, 3.63) is 70.8 Å². The summed E-state index contributed by atoms with van der Waals surface area (Å²) in [7, 11) is 0. The van der Waals surface area contributed by atoms with Crippen molar-refractivity contribution in [1.29, 1.82) is 0 Å². The van der Waals surface area contributed by atoms with E-state index in [9.17, 15) is 0 Å².